The quantitative estimate of drug-likeness (QED) is 0.499. The lowest BCUT2D eigenvalue weighted by Crippen LogP contribution is -2.83. The SMILES string of the molecule is C=C1[C@H]2CC[C@]3([C@@H](C2)[C@]24CCC[C@]5(C)[C@H]2C[C@H]3O[C@H]4N2CCO[C@@H]25)[C@H]1OC(C)=O. The Morgan fingerprint density at radius 2 is 2.03 bits per heavy atom. The molecule has 9 aliphatic rings. The van der Waals surface area contributed by atoms with Crippen molar-refractivity contribution in [1.82, 2.24) is 4.90 Å². The molecule has 5 aliphatic carbocycles. The minimum absolute atomic E-state index is 0.0594. The molecular weight excluding hydrogens is 366 g/mol. The minimum atomic E-state index is -0.169. The van der Waals surface area contributed by atoms with Crippen LogP contribution in [0.3, 0.4) is 0 Å². The molecule has 4 aliphatic heterocycles. The fourth-order valence-electron chi connectivity index (χ4n) is 10.0. The van der Waals surface area contributed by atoms with E-state index in [2.05, 4.69) is 18.4 Å². The summed E-state index contributed by atoms with van der Waals surface area (Å²) in [6, 6.07) is 0. The summed E-state index contributed by atoms with van der Waals surface area (Å²) in [6.07, 6.45) is 8.86. The van der Waals surface area contributed by atoms with E-state index in [-0.39, 0.29) is 46.9 Å². The molecule has 9 rings (SSSR count). The number of carbonyl (C=O) groups is 1. The van der Waals surface area contributed by atoms with Gasteiger partial charge in [-0.05, 0) is 61.9 Å². The van der Waals surface area contributed by atoms with Gasteiger partial charge in [0.2, 0.25) is 0 Å². The van der Waals surface area contributed by atoms with Crippen LogP contribution < -0.4 is 0 Å². The van der Waals surface area contributed by atoms with Gasteiger partial charge in [-0.15, -0.1) is 0 Å². The predicted octanol–water partition coefficient (Wildman–Crippen LogP) is 3.48. The number of hydrogen-bond donors (Lipinski definition) is 0. The zero-order valence-corrected chi connectivity index (χ0v) is 17.7. The maximum atomic E-state index is 12.1. The van der Waals surface area contributed by atoms with E-state index in [0.717, 1.165) is 26.0 Å². The summed E-state index contributed by atoms with van der Waals surface area (Å²) in [5, 5.41) is 0. The van der Waals surface area contributed by atoms with Crippen molar-refractivity contribution >= 4 is 5.97 Å². The van der Waals surface area contributed by atoms with Crippen molar-refractivity contribution in [3.05, 3.63) is 12.2 Å². The number of carbonyl (C=O) groups excluding carboxylic acids is 1. The van der Waals surface area contributed by atoms with Gasteiger partial charge in [0.05, 0.1) is 12.7 Å². The molecule has 5 saturated carbocycles. The molecule has 158 valence electrons. The van der Waals surface area contributed by atoms with E-state index in [1.165, 1.54) is 37.7 Å². The number of nitrogens with zero attached hydrogens (tertiary/aromatic N) is 1. The van der Waals surface area contributed by atoms with Crippen molar-refractivity contribution in [1.29, 1.82) is 0 Å². The average Bonchev–Trinajstić information content (AvgIpc) is 3.19. The molecule has 0 N–H and O–H groups in total. The fraction of sp³-hybridized carbons (Fsp3) is 0.875. The van der Waals surface area contributed by atoms with Gasteiger partial charge in [0, 0.05) is 29.7 Å². The summed E-state index contributed by atoms with van der Waals surface area (Å²) >= 11 is 0. The molecule has 4 heterocycles. The molecule has 0 amide bonds. The highest BCUT2D eigenvalue weighted by Gasteiger charge is 2.81. The third kappa shape index (κ3) is 1.74. The van der Waals surface area contributed by atoms with Crippen LogP contribution in [0.1, 0.15) is 58.8 Å². The molecule has 2 spiro atoms. The fourth-order valence-corrected chi connectivity index (χ4v) is 10.0. The van der Waals surface area contributed by atoms with E-state index in [9.17, 15) is 4.79 Å². The lowest BCUT2D eigenvalue weighted by molar-refractivity contribution is -0.422. The molecule has 4 saturated heterocycles. The number of piperidine rings is 1. The molecule has 0 unspecified atom stereocenters. The second kappa shape index (κ2) is 5.28. The molecular formula is C24H33NO4. The zero-order chi connectivity index (χ0) is 19.8. The number of rotatable bonds is 1. The Bertz CT molecular complexity index is 813. The molecule has 5 nitrogen and oxygen atoms in total. The first-order chi connectivity index (χ1) is 13.9. The molecule has 10 atom stereocenters. The lowest BCUT2D eigenvalue weighted by Gasteiger charge is -2.80. The van der Waals surface area contributed by atoms with Crippen molar-refractivity contribution in [2.75, 3.05) is 13.2 Å². The van der Waals surface area contributed by atoms with Crippen LogP contribution in [0.15, 0.2) is 12.2 Å². The number of fused-ring (bicyclic) bond motifs is 4. The van der Waals surface area contributed by atoms with Crippen LogP contribution in [-0.4, -0.2) is 48.7 Å². The molecule has 29 heavy (non-hydrogen) atoms. The molecule has 0 aromatic carbocycles. The predicted molar refractivity (Wildman–Crippen MR) is 106 cm³/mol. The van der Waals surface area contributed by atoms with Crippen molar-refractivity contribution in [2.24, 2.45) is 34.0 Å². The van der Waals surface area contributed by atoms with E-state index in [1.807, 2.05) is 0 Å². The van der Waals surface area contributed by atoms with Crippen LogP contribution in [-0.2, 0) is 19.0 Å². The van der Waals surface area contributed by atoms with Crippen molar-refractivity contribution < 1.29 is 19.0 Å². The molecule has 5 heteroatoms. The molecule has 0 aromatic heterocycles. The highest BCUT2D eigenvalue weighted by Crippen LogP contribution is 2.79. The monoisotopic (exact) mass is 399 g/mol. The topological polar surface area (TPSA) is 48.0 Å². The lowest BCUT2D eigenvalue weighted by atomic mass is 9.32. The Morgan fingerprint density at radius 3 is 2.86 bits per heavy atom. The molecule has 0 radical (unpaired) electrons. The van der Waals surface area contributed by atoms with Crippen LogP contribution in [0.2, 0.25) is 0 Å². The van der Waals surface area contributed by atoms with Crippen molar-refractivity contribution in [2.45, 2.75) is 83.5 Å². The van der Waals surface area contributed by atoms with Crippen LogP contribution >= 0.6 is 0 Å². The summed E-state index contributed by atoms with van der Waals surface area (Å²) in [5.74, 6) is 1.57. The maximum Gasteiger partial charge on any atom is 0.303 e. The van der Waals surface area contributed by atoms with E-state index in [1.54, 1.807) is 6.92 Å². The standard InChI is InChI=1S/C24H33NO4/c1-13-15-5-8-24(19(13)28-14(2)26)17(11-15)23-7-4-6-22(3)16(23)12-18(24)29-21(23)25-9-10-27-20(22)25/h15-21H,1,4-12H2,2-3H3/t15-,16+,17-,18+,19-,20+,21+,22+,23-,24+/m0/s1. The Kier molecular flexibility index (Phi) is 3.23. The van der Waals surface area contributed by atoms with E-state index in [4.69, 9.17) is 14.2 Å². The van der Waals surface area contributed by atoms with Gasteiger partial charge in [0.25, 0.3) is 0 Å². The first kappa shape index (κ1) is 17.7. The number of ether oxygens (including phenoxy) is 3. The normalized spacial score (nSPS) is 59.4. The van der Waals surface area contributed by atoms with E-state index < -0.39 is 0 Å². The van der Waals surface area contributed by atoms with E-state index >= 15 is 0 Å². The molecule has 0 aromatic rings. The third-order valence-electron chi connectivity index (χ3n) is 10.7. The zero-order valence-electron chi connectivity index (χ0n) is 17.7. The number of esters is 1. The summed E-state index contributed by atoms with van der Waals surface area (Å²) in [5.41, 5.74) is 1.51. The Labute approximate surface area is 173 Å². The van der Waals surface area contributed by atoms with Crippen LogP contribution in [0, 0.1) is 34.0 Å². The third-order valence-corrected chi connectivity index (χ3v) is 10.7. The second-order valence-corrected chi connectivity index (χ2v) is 11.4. The van der Waals surface area contributed by atoms with Gasteiger partial charge in [-0.25, -0.2) is 4.90 Å². The van der Waals surface area contributed by atoms with Gasteiger partial charge in [0.15, 0.2) is 0 Å². The van der Waals surface area contributed by atoms with Gasteiger partial charge in [-0.2, -0.15) is 0 Å². The van der Waals surface area contributed by atoms with Gasteiger partial charge >= 0.3 is 5.97 Å². The Balaban J connectivity index is 1.42. The van der Waals surface area contributed by atoms with Gasteiger partial charge in [0.1, 0.15) is 18.6 Å². The number of hydrogen-bond acceptors (Lipinski definition) is 5. The summed E-state index contributed by atoms with van der Waals surface area (Å²) in [7, 11) is 0. The van der Waals surface area contributed by atoms with Gasteiger partial charge in [-0.1, -0.05) is 19.9 Å². The van der Waals surface area contributed by atoms with E-state index in [0.29, 0.717) is 17.8 Å². The smallest absolute Gasteiger partial charge is 0.303 e. The Hall–Kier alpha value is -0.910. The van der Waals surface area contributed by atoms with Crippen molar-refractivity contribution in [3.8, 4) is 0 Å². The highest BCUT2D eigenvalue weighted by molar-refractivity contribution is 5.67. The minimum Gasteiger partial charge on any atom is -0.457 e. The summed E-state index contributed by atoms with van der Waals surface area (Å²) < 4.78 is 19.5. The largest absolute Gasteiger partial charge is 0.457 e. The Morgan fingerprint density at radius 1 is 1.17 bits per heavy atom. The first-order valence-corrected chi connectivity index (χ1v) is 11.8. The average molecular weight is 400 g/mol. The van der Waals surface area contributed by atoms with Crippen LogP contribution in [0.5, 0.6) is 0 Å². The van der Waals surface area contributed by atoms with Crippen LogP contribution in [0.25, 0.3) is 0 Å². The van der Waals surface area contributed by atoms with Gasteiger partial charge in [-0.3, -0.25) is 4.79 Å². The molecule has 9 fully saturated rings. The summed E-state index contributed by atoms with van der Waals surface area (Å²) in [4.78, 5) is 14.7. The maximum absolute atomic E-state index is 12.1. The molecule has 7 bridgehead atoms. The van der Waals surface area contributed by atoms with Crippen molar-refractivity contribution in [3.63, 3.8) is 0 Å². The van der Waals surface area contributed by atoms with Crippen LogP contribution in [0.4, 0.5) is 0 Å². The highest BCUT2D eigenvalue weighted by atomic mass is 16.6. The first-order valence-electron chi connectivity index (χ1n) is 11.8. The summed E-state index contributed by atoms with van der Waals surface area (Å²) in [6.45, 7) is 10.3. The second-order valence-electron chi connectivity index (χ2n) is 11.4. The van der Waals surface area contributed by atoms with Gasteiger partial charge < -0.3 is 14.2 Å².